The zero-order chi connectivity index (χ0) is 11.6. The first kappa shape index (κ1) is 11.8. The van der Waals surface area contributed by atoms with Crippen molar-refractivity contribution >= 4 is 21.7 Å². The predicted molar refractivity (Wildman–Crippen MR) is 68.5 cm³/mol. The van der Waals surface area contributed by atoms with Gasteiger partial charge in [0.05, 0.1) is 5.54 Å². The van der Waals surface area contributed by atoms with Gasteiger partial charge in [0.25, 0.3) is 0 Å². The van der Waals surface area contributed by atoms with Crippen LogP contribution in [0.5, 0.6) is 0 Å². The van der Waals surface area contributed by atoms with Crippen LogP contribution in [0.4, 0.5) is 0 Å². The maximum absolute atomic E-state index is 12.4. The summed E-state index contributed by atoms with van der Waals surface area (Å²) in [5.41, 5.74) is 6.31. The number of carbonyl (C=O) groups excluding carboxylic acids is 1. The molecule has 1 aliphatic carbocycles. The molecule has 2 N–H and O–H groups in total. The van der Waals surface area contributed by atoms with Crippen LogP contribution >= 0.6 is 15.9 Å². The van der Waals surface area contributed by atoms with Crippen molar-refractivity contribution in [3.05, 3.63) is 34.3 Å². The standard InChI is InChI=1S/C13H16BrNO/c14-11-7-3-2-6-10(11)12(16)13(15)8-4-1-5-9-13/h2-3,6-7H,1,4-5,8-9,15H2. The fourth-order valence-electron chi connectivity index (χ4n) is 2.32. The Bertz CT molecular complexity index is 397. The molecule has 0 unspecified atom stereocenters. The Hall–Kier alpha value is -0.670. The lowest BCUT2D eigenvalue weighted by molar-refractivity contribution is 0.0847. The van der Waals surface area contributed by atoms with Gasteiger partial charge in [0.1, 0.15) is 0 Å². The van der Waals surface area contributed by atoms with Gasteiger partial charge in [-0.1, -0.05) is 53.4 Å². The minimum absolute atomic E-state index is 0.0830. The normalized spacial score (nSPS) is 19.4. The predicted octanol–water partition coefficient (Wildman–Crippen LogP) is 3.29. The van der Waals surface area contributed by atoms with Crippen LogP contribution in [0.1, 0.15) is 42.5 Å². The van der Waals surface area contributed by atoms with E-state index in [9.17, 15) is 4.79 Å². The Morgan fingerprint density at radius 3 is 2.44 bits per heavy atom. The van der Waals surface area contributed by atoms with E-state index in [0.717, 1.165) is 30.2 Å². The topological polar surface area (TPSA) is 43.1 Å². The number of Topliss-reactive ketones (excluding diaryl/α,β-unsaturated/α-hetero) is 1. The minimum Gasteiger partial charge on any atom is -0.319 e. The fourth-order valence-corrected chi connectivity index (χ4v) is 2.79. The van der Waals surface area contributed by atoms with E-state index in [1.165, 1.54) is 6.42 Å². The van der Waals surface area contributed by atoms with Gasteiger partial charge in [0, 0.05) is 10.0 Å². The second kappa shape index (κ2) is 4.68. The maximum atomic E-state index is 12.4. The Morgan fingerprint density at radius 2 is 1.81 bits per heavy atom. The van der Waals surface area contributed by atoms with Crippen molar-refractivity contribution in [3.8, 4) is 0 Å². The van der Waals surface area contributed by atoms with Gasteiger partial charge >= 0.3 is 0 Å². The highest BCUT2D eigenvalue weighted by Crippen LogP contribution is 2.31. The molecular formula is C13H16BrNO. The second-order valence-electron chi connectivity index (χ2n) is 4.53. The molecule has 0 radical (unpaired) electrons. The number of ketones is 1. The van der Waals surface area contributed by atoms with Crippen LogP contribution in [0.15, 0.2) is 28.7 Å². The van der Waals surface area contributed by atoms with Gasteiger partial charge in [-0.05, 0) is 18.9 Å². The minimum atomic E-state index is -0.637. The zero-order valence-electron chi connectivity index (χ0n) is 9.21. The summed E-state index contributed by atoms with van der Waals surface area (Å²) in [5, 5.41) is 0. The van der Waals surface area contributed by atoms with Crippen LogP contribution in [0, 0.1) is 0 Å². The molecule has 1 aromatic rings. The van der Waals surface area contributed by atoms with E-state index < -0.39 is 5.54 Å². The molecule has 0 saturated heterocycles. The first-order valence-corrected chi connectivity index (χ1v) is 6.51. The van der Waals surface area contributed by atoms with Crippen LogP contribution in [0.2, 0.25) is 0 Å². The highest BCUT2D eigenvalue weighted by molar-refractivity contribution is 9.10. The highest BCUT2D eigenvalue weighted by Gasteiger charge is 2.36. The molecule has 0 bridgehead atoms. The van der Waals surface area contributed by atoms with E-state index in [0.29, 0.717) is 5.56 Å². The summed E-state index contributed by atoms with van der Waals surface area (Å²) in [6, 6.07) is 7.52. The largest absolute Gasteiger partial charge is 0.319 e. The average Bonchev–Trinajstić information content (AvgIpc) is 2.30. The van der Waals surface area contributed by atoms with Crippen molar-refractivity contribution in [2.45, 2.75) is 37.6 Å². The van der Waals surface area contributed by atoms with Crippen molar-refractivity contribution in [1.82, 2.24) is 0 Å². The summed E-state index contributed by atoms with van der Waals surface area (Å²) in [4.78, 5) is 12.4. The molecule has 1 aliphatic rings. The van der Waals surface area contributed by atoms with Crippen molar-refractivity contribution < 1.29 is 4.79 Å². The lowest BCUT2D eigenvalue weighted by atomic mass is 9.77. The van der Waals surface area contributed by atoms with E-state index in [2.05, 4.69) is 15.9 Å². The van der Waals surface area contributed by atoms with Crippen LogP contribution in [0.25, 0.3) is 0 Å². The van der Waals surface area contributed by atoms with Gasteiger partial charge in [-0.2, -0.15) is 0 Å². The Kier molecular flexibility index (Phi) is 3.45. The Labute approximate surface area is 104 Å². The molecule has 1 aromatic carbocycles. The molecule has 0 atom stereocenters. The van der Waals surface area contributed by atoms with Crippen LogP contribution < -0.4 is 5.73 Å². The number of halogens is 1. The molecule has 0 spiro atoms. The number of carbonyl (C=O) groups is 1. The Balaban J connectivity index is 2.28. The quantitative estimate of drug-likeness (QED) is 0.846. The lowest BCUT2D eigenvalue weighted by Crippen LogP contribution is -2.49. The summed E-state index contributed by atoms with van der Waals surface area (Å²) in [6.45, 7) is 0. The van der Waals surface area contributed by atoms with Crippen LogP contribution in [-0.2, 0) is 0 Å². The number of hydrogen-bond donors (Lipinski definition) is 1. The molecule has 2 nitrogen and oxygen atoms in total. The van der Waals surface area contributed by atoms with Gasteiger partial charge in [0.2, 0.25) is 0 Å². The van der Waals surface area contributed by atoms with E-state index >= 15 is 0 Å². The van der Waals surface area contributed by atoms with Crippen molar-refractivity contribution in [2.75, 3.05) is 0 Å². The monoisotopic (exact) mass is 281 g/mol. The first-order valence-electron chi connectivity index (χ1n) is 5.72. The summed E-state index contributed by atoms with van der Waals surface area (Å²) in [5.74, 6) is 0.0830. The maximum Gasteiger partial charge on any atom is 0.183 e. The second-order valence-corrected chi connectivity index (χ2v) is 5.38. The third-order valence-electron chi connectivity index (χ3n) is 3.32. The summed E-state index contributed by atoms with van der Waals surface area (Å²) >= 11 is 3.41. The van der Waals surface area contributed by atoms with E-state index in [1.807, 2.05) is 24.3 Å². The Morgan fingerprint density at radius 1 is 1.19 bits per heavy atom. The van der Waals surface area contributed by atoms with Gasteiger partial charge in [0.15, 0.2) is 5.78 Å². The molecule has 0 aromatic heterocycles. The SMILES string of the molecule is NC1(C(=O)c2ccccc2Br)CCCCC1. The number of benzene rings is 1. The molecule has 16 heavy (non-hydrogen) atoms. The fraction of sp³-hybridized carbons (Fsp3) is 0.462. The van der Waals surface area contributed by atoms with Crippen LogP contribution in [-0.4, -0.2) is 11.3 Å². The summed E-state index contributed by atoms with van der Waals surface area (Å²) < 4.78 is 0.843. The molecule has 2 rings (SSSR count). The van der Waals surface area contributed by atoms with E-state index in [1.54, 1.807) is 0 Å². The third-order valence-corrected chi connectivity index (χ3v) is 4.01. The molecule has 1 fully saturated rings. The lowest BCUT2D eigenvalue weighted by Gasteiger charge is -2.32. The van der Waals surface area contributed by atoms with Crippen LogP contribution in [0.3, 0.4) is 0 Å². The van der Waals surface area contributed by atoms with Crippen molar-refractivity contribution in [2.24, 2.45) is 5.73 Å². The highest BCUT2D eigenvalue weighted by atomic mass is 79.9. The summed E-state index contributed by atoms with van der Waals surface area (Å²) in [7, 11) is 0. The number of rotatable bonds is 2. The van der Waals surface area contributed by atoms with Crippen molar-refractivity contribution in [1.29, 1.82) is 0 Å². The molecule has 0 amide bonds. The molecule has 0 heterocycles. The first-order chi connectivity index (χ1) is 7.63. The average molecular weight is 282 g/mol. The smallest absolute Gasteiger partial charge is 0.183 e. The van der Waals surface area contributed by atoms with Gasteiger partial charge < -0.3 is 5.73 Å². The molecule has 0 aliphatic heterocycles. The number of hydrogen-bond acceptors (Lipinski definition) is 2. The third kappa shape index (κ3) is 2.20. The number of nitrogens with two attached hydrogens (primary N) is 1. The van der Waals surface area contributed by atoms with Gasteiger partial charge in [-0.25, -0.2) is 0 Å². The van der Waals surface area contributed by atoms with Crippen molar-refractivity contribution in [3.63, 3.8) is 0 Å². The molecule has 86 valence electrons. The molecule has 1 saturated carbocycles. The zero-order valence-corrected chi connectivity index (χ0v) is 10.8. The molecular weight excluding hydrogens is 266 g/mol. The van der Waals surface area contributed by atoms with Gasteiger partial charge in [-0.3, -0.25) is 4.79 Å². The molecule has 3 heteroatoms. The van der Waals surface area contributed by atoms with Gasteiger partial charge in [-0.15, -0.1) is 0 Å². The summed E-state index contributed by atoms with van der Waals surface area (Å²) in [6.07, 6.45) is 4.95. The van der Waals surface area contributed by atoms with E-state index in [4.69, 9.17) is 5.73 Å². The van der Waals surface area contributed by atoms with E-state index in [-0.39, 0.29) is 5.78 Å².